The van der Waals surface area contributed by atoms with E-state index in [1.54, 1.807) is 12.4 Å². The van der Waals surface area contributed by atoms with Crippen LogP contribution >= 0.6 is 0 Å². The van der Waals surface area contributed by atoms with E-state index in [1.807, 2.05) is 16.7 Å². The third kappa shape index (κ3) is 1.25. The predicted molar refractivity (Wildman–Crippen MR) is 60.1 cm³/mol. The first-order valence-electron chi connectivity index (χ1n) is 5.23. The molecule has 0 saturated carbocycles. The molecule has 3 heterocycles. The Labute approximate surface area is 92.3 Å². The van der Waals surface area contributed by atoms with Gasteiger partial charge in [-0.3, -0.25) is 9.78 Å². The monoisotopic (exact) mass is 216 g/mol. The second-order valence-corrected chi connectivity index (χ2v) is 4.06. The van der Waals surface area contributed by atoms with E-state index in [-0.39, 0.29) is 11.8 Å². The molecule has 5 heteroatoms. The molecule has 16 heavy (non-hydrogen) atoms. The van der Waals surface area contributed by atoms with Gasteiger partial charge in [0.15, 0.2) is 0 Å². The van der Waals surface area contributed by atoms with Crippen LogP contribution in [-0.4, -0.2) is 21.8 Å². The SMILES string of the molecule is NC(=O)C1CNc2cc3cnccn3c2C1. The van der Waals surface area contributed by atoms with Gasteiger partial charge in [0.2, 0.25) is 5.91 Å². The van der Waals surface area contributed by atoms with Crippen molar-refractivity contribution in [2.24, 2.45) is 11.7 Å². The second kappa shape index (κ2) is 3.23. The zero-order valence-electron chi connectivity index (χ0n) is 8.68. The summed E-state index contributed by atoms with van der Waals surface area (Å²) in [6, 6.07) is 2.04. The van der Waals surface area contributed by atoms with Gasteiger partial charge < -0.3 is 15.5 Å². The highest BCUT2D eigenvalue weighted by molar-refractivity contribution is 5.79. The number of amides is 1. The number of hydrogen-bond acceptors (Lipinski definition) is 3. The first kappa shape index (κ1) is 9.21. The largest absolute Gasteiger partial charge is 0.383 e. The molecular formula is C11H12N4O. The summed E-state index contributed by atoms with van der Waals surface area (Å²) in [5, 5.41) is 3.23. The molecule has 0 spiro atoms. The van der Waals surface area contributed by atoms with E-state index in [1.165, 1.54) is 0 Å². The van der Waals surface area contributed by atoms with Gasteiger partial charge in [-0.15, -0.1) is 0 Å². The van der Waals surface area contributed by atoms with Crippen molar-refractivity contribution in [2.75, 3.05) is 11.9 Å². The van der Waals surface area contributed by atoms with Gasteiger partial charge in [0.1, 0.15) is 0 Å². The Bertz CT molecular complexity index is 560. The maximum absolute atomic E-state index is 11.2. The highest BCUT2D eigenvalue weighted by Crippen LogP contribution is 2.27. The second-order valence-electron chi connectivity index (χ2n) is 4.06. The van der Waals surface area contributed by atoms with Crippen LogP contribution in [0.25, 0.3) is 5.52 Å². The molecule has 82 valence electrons. The minimum atomic E-state index is -0.248. The zero-order chi connectivity index (χ0) is 11.1. The number of hydrogen-bond donors (Lipinski definition) is 2. The van der Waals surface area contributed by atoms with Crippen LogP contribution < -0.4 is 11.1 Å². The number of carbonyl (C=O) groups excluding carboxylic acids is 1. The first-order chi connectivity index (χ1) is 7.75. The molecule has 0 aromatic carbocycles. The lowest BCUT2D eigenvalue weighted by atomic mass is 9.98. The van der Waals surface area contributed by atoms with E-state index >= 15 is 0 Å². The molecule has 1 aliphatic heterocycles. The van der Waals surface area contributed by atoms with Gasteiger partial charge in [0.05, 0.1) is 23.3 Å². The summed E-state index contributed by atoms with van der Waals surface area (Å²) in [5.41, 5.74) is 8.55. The Morgan fingerprint density at radius 1 is 1.62 bits per heavy atom. The Balaban J connectivity index is 2.11. The number of anilines is 1. The fourth-order valence-electron chi connectivity index (χ4n) is 2.19. The van der Waals surface area contributed by atoms with Gasteiger partial charge in [0.25, 0.3) is 0 Å². The average molecular weight is 216 g/mol. The maximum Gasteiger partial charge on any atom is 0.222 e. The number of rotatable bonds is 1. The van der Waals surface area contributed by atoms with Gasteiger partial charge in [-0.25, -0.2) is 0 Å². The van der Waals surface area contributed by atoms with Gasteiger partial charge >= 0.3 is 0 Å². The zero-order valence-corrected chi connectivity index (χ0v) is 8.68. The molecule has 0 radical (unpaired) electrons. The molecule has 5 nitrogen and oxygen atoms in total. The number of primary amides is 1. The number of carbonyl (C=O) groups is 1. The molecule has 2 aromatic heterocycles. The van der Waals surface area contributed by atoms with Crippen molar-refractivity contribution in [2.45, 2.75) is 6.42 Å². The standard InChI is InChI=1S/C11H12N4O/c12-11(16)7-3-10-9(14-5-7)4-8-6-13-1-2-15(8)10/h1-2,4,6-7,14H,3,5H2,(H2,12,16). The molecule has 3 rings (SSSR count). The summed E-state index contributed by atoms with van der Waals surface area (Å²) >= 11 is 0. The van der Waals surface area contributed by atoms with Crippen LogP contribution in [0.15, 0.2) is 24.7 Å². The molecule has 0 bridgehead atoms. The fraction of sp³-hybridized carbons (Fsp3) is 0.273. The molecule has 3 N–H and O–H groups in total. The van der Waals surface area contributed by atoms with E-state index in [0.717, 1.165) is 16.9 Å². The van der Waals surface area contributed by atoms with Crippen molar-refractivity contribution in [3.63, 3.8) is 0 Å². The first-order valence-corrected chi connectivity index (χ1v) is 5.23. The Morgan fingerprint density at radius 3 is 3.31 bits per heavy atom. The van der Waals surface area contributed by atoms with Crippen LogP contribution in [0.1, 0.15) is 5.69 Å². The van der Waals surface area contributed by atoms with E-state index in [9.17, 15) is 4.79 Å². The lowest BCUT2D eigenvalue weighted by Crippen LogP contribution is -2.34. The van der Waals surface area contributed by atoms with Crippen molar-refractivity contribution in [1.82, 2.24) is 9.38 Å². The summed E-state index contributed by atoms with van der Waals surface area (Å²) < 4.78 is 2.05. The van der Waals surface area contributed by atoms with Crippen molar-refractivity contribution in [1.29, 1.82) is 0 Å². The number of nitrogens with two attached hydrogens (primary N) is 1. The number of fused-ring (bicyclic) bond motifs is 3. The molecule has 1 aliphatic rings. The minimum absolute atomic E-state index is 0.126. The van der Waals surface area contributed by atoms with Crippen molar-refractivity contribution in [3.8, 4) is 0 Å². The van der Waals surface area contributed by atoms with Crippen molar-refractivity contribution in [3.05, 3.63) is 30.4 Å². The maximum atomic E-state index is 11.2. The topological polar surface area (TPSA) is 72.4 Å². The Hall–Kier alpha value is -2.04. The molecule has 0 aliphatic carbocycles. The van der Waals surface area contributed by atoms with Crippen LogP contribution in [0.3, 0.4) is 0 Å². The lowest BCUT2D eigenvalue weighted by Gasteiger charge is -2.21. The lowest BCUT2D eigenvalue weighted by molar-refractivity contribution is -0.121. The van der Waals surface area contributed by atoms with Crippen LogP contribution in [0.4, 0.5) is 5.69 Å². The Morgan fingerprint density at radius 2 is 2.50 bits per heavy atom. The van der Waals surface area contributed by atoms with Crippen molar-refractivity contribution < 1.29 is 4.79 Å². The molecular weight excluding hydrogens is 204 g/mol. The molecule has 1 atom stereocenters. The summed E-state index contributed by atoms with van der Waals surface area (Å²) in [6.45, 7) is 0.618. The minimum Gasteiger partial charge on any atom is -0.383 e. The Kier molecular flexibility index (Phi) is 1.86. The van der Waals surface area contributed by atoms with Crippen LogP contribution in [0.2, 0.25) is 0 Å². The summed E-state index contributed by atoms with van der Waals surface area (Å²) in [5.74, 6) is -0.374. The third-order valence-electron chi connectivity index (χ3n) is 3.06. The molecule has 2 aromatic rings. The number of nitrogens with zero attached hydrogens (tertiary/aromatic N) is 2. The summed E-state index contributed by atoms with van der Waals surface area (Å²) in [4.78, 5) is 15.3. The van der Waals surface area contributed by atoms with Crippen LogP contribution in [0.5, 0.6) is 0 Å². The van der Waals surface area contributed by atoms with E-state index in [4.69, 9.17) is 5.73 Å². The van der Waals surface area contributed by atoms with Crippen molar-refractivity contribution >= 4 is 17.1 Å². The highest BCUT2D eigenvalue weighted by Gasteiger charge is 2.24. The molecule has 0 saturated heterocycles. The quantitative estimate of drug-likeness (QED) is 0.725. The third-order valence-corrected chi connectivity index (χ3v) is 3.06. The fourth-order valence-corrected chi connectivity index (χ4v) is 2.19. The van der Waals surface area contributed by atoms with Gasteiger partial charge in [-0.05, 0) is 6.07 Å². The number of nitrogens with one attached hydrogen (secondary N) is 1. The number of aromatic nitrogens is 2. The van der Waals surface area contributed by atoms with Gasteiger partial charge in [-0.2, -0.15) is 0 Å². The normalized spacial score (nSPS) is 19.1. The van der Waals surface area contributed by atoms with Gasteiger partial charge in [-0.1, -0.05) is 0 Å². The highest BCUT2D eigenvalue weighted by atomic mass is 16.1. The van der Waals surface area contributed by atoms with Crippen LogP contribution in [-0.2, 0) is 11.2 Å². The predicted octanol–water partition coefficient (Wildman–Crippen LogP) is 0.404. The summed E-state index contributed by atoms with van der Waals surface area (Å²) in [7, 11) is 0. The van der Waals surface area contributed by atoms with E-state index in [2.05, 4.69) is 10.3 Å². The molecule has 1 unspecified atom stereocenters. The van der Waals surface area contributed by atoms with E-state index in [0.29, 0.717) is 13.0 Å². The smallest absolute Gasteiger partial charge is 0.222 e. The average Bonchev–Trinajstić information content (AvgIpc) is 2.66. The van der Waals surface area contributed by atoms with Crippen LogP contribution in [0, 0.1) is 5.92 Å². The molecule has 1 amide bonds. The van der Waals surface area contributed by atoms with E-state index < -0.39 is 0 Å². The summed E-state index contributed by atoms with van der Waals surface area (Å²) in [6.07, 6.45) is 6.13. The van der Waals surface area contributed by atoms with Gasteiger partial charge in [0, 0.05) is 31.1 Å². The molecule has 0 fully saturated rings.